The first-order chi connectivity index (χ1) is 20.6. The van der Waals surface area contributed by atoms with Gasteiger partial charge in [0.25, 0.3) is 11.8 Å². The molecule has 0 aliphatic carbocycles. The van der Waals surface area contributed by atoms with Crippen molar-refractivity contribution in [2.24, 2.45) is 0 Å². The van der Waals surface area contributed by atoms with Crippen LogP contribution < -0.4 is 20.8 Å². The Hall–Kier alpha value is -4.64. The molecule has 5 N–H and O–H groups in total. The summed E-state index contributed by atoms with van der Waals surface area (Å²) in [4.78, 5) is 67.8. The van der Waals surface area contributed by atoms with E-state index in [-0.39, 0.29) is 16.7 Å². The van der Waals surface area contributed by atoms with Gasteiger partial charge in [0, 0.05) is 29.0 Å². The zero-order chi connectivity index (χ0) is 30.7. The fourth-order valence-electron chi connectivity index (χ4n) is 4.59. The summed E-state index contributed by atoms with van der Waals surface area (Å²) in [7, 11) is 0. The van der Waals surface area contributed by atoms with Crippen LogP contribution in [0.3, 0.4) is 0 Å². The Morgan fingerprint density at radius 3 is 2.70 bits per heavy atom. The maximum absolute atomic E-state index is 13.5. The van der Waals surface area contributed by atoms with E-state index in [9.17, 15) is 29.1 Å². The number of carboxylic acids is 1. The molecule has 4 atom stereocenters. The first-order valence-electron chi connectivity index (χ1n) is 12.9. The van der Waals surface area contributed by atoms with Gasteiger partial charge in [-0.3, -0.25) is 24.1 Å². The number of ether oxygens (including phenoxy) is 1. The number of carboxylic acid groups (broad SMARTS) is 1. The molecule has 5 rings (SSSR count). The van der Waals surface area contributed by atoms with Crippen molar-refractivity contribution in [2.75, 3.05) is 12.4 Å². The third-order valence-electron chi connectivity index (χ3n) is 6.68. The smallest absolute Gasteiger partial charge is 0.352 e. The molecule has 3 aromatic rings. The first kappa shape index (κ1) is 29.8. The molecule has 1 saturated heterocycles. The number of rotatable bonds is 11. The summed E-state index contributed by atoms with van der Waals surface area (Å²) >= 11 is 2.55. The number of thioether (sulfide) groups is 2. The molecule has 224 valence electrons. The molecule has 2 aliphatic heterocycles. The van der Waals surface area contributed by atoms with Crippen molar-refractivity contribution < 1.29 is 29.0 Å². The predicted molar refractivity (Wildman–Crippen MR) is 154 cm³/mol. The first-order valence-corrected chi connectivity index (χ1v) is 14.8. The topological polar surface area (TPSA) is 212 Å². The van der Waals surface area contributed by atoms with Gasteiger partial charge in [-0.2, -0.15) is 0 Å². The number of aryl methyl sites for hydroxylation is 1. The number of carbonyl (C=O) groups is 4. The second kappa shape index (κ2) is 12.7. The molecule has 17 heteroatoms. The molecule has 3 amide bonds. The van der Waals surface area contributed by atoms with Crippen molar-refractivity contribution in [3.63, 3.8) is 0 Å². The maximum Gasteiger partial charge on any atom is 0.352 e. The Balaban J connectivity index is 1.28. The quantitative estimate of drug-likeness (QED) is 0.144. The lowest BCUT2D eigenvalue weighted by atomic mass is 10.00. The van der Waals surface area contributed by atoms with Gasteiger partial charge in [-0.15, -0.1) is 16.9 Å². The van der Waals surface area contributed by atoms with E-state index in [0.29, 0.717) is 27.7 Å². The molecular weight excluding hydrogens is 600 g/mol. The average molecular weight is 627 g/mol. The summed E-state index contributed by atoms with van der Waals surface area (Å²) in [5.74, 6) is -2.94. The molecule has 15 nitrogen and oxygen atoms in total. The van der Waals surface area contributed by atoms with E-state index in [4.69, 9.17) is 4.74 Å². The van der Waals surface area contributed by atoms with E-state index in [0.717, 1.165) is 0 Å². The molecule has 0 spiro atoms. The third-order valence-corrected chi connectivity index (χ3v) is 9.02. The number of H-pyrrole nitrogens is 2. The summed E-state index contributed by atoms with van der Waals surface area (Å²) in [6.07, 6.45) is 1.35. The van der Waals surface area contributed by atoms with Crippen molar-refractivity contribution in [1.29, 1.82) is 0 Å². The lowest BCUT2D eigenvalue weighted by molar-refractivity contribution is -0.151. The van der Waals surface area contributed by atoms with Crippen LogP contribution in [-0.4, -0.2) is 88.3 Å². The van der Waals surface area contributed by atoms with Crippen LogP contribution in [0, 0.1) is 6.92 Å². The summed E-state index contributed by atoms with van der Waals surface area (Å²) in [6, 6.07) is 7.53. The molecule has 1 fully saturated rings. The molecule has 2 aliphatic rings. The van der Waals surface area contributed by atoms with E-state index in [1.54, 1.807) is 44.2 Å². The molecule has 4 heterocycles. The number of nitrogens with zero attached hydrogens (tertiary/aromatic N) is 4. The summed E-state index contributed by atoms with van der Waals surface area (Å²) < 4.78 is 5.34. The normalized spacial score (nSPS) is 19.1. The fraction of sp³-hybridized carbons (Fsp3) is 0.308. The van der Waals surface area contributed by atoms with Crippen LogP contribution in [0.4, 0.5) is 0 Å². The second-order valence-electron chi connectivity index (χ2n) is 9.59. The largest absolute Gasteiger partial charge is 0.478 e. The summed E-state index contributed by atoms with van der Waals surface area (Å²) in [5, 5.41) is 28.1. The Kier molecular flexibility index (Phi) is 8.81. The Morgan fingerprint density at radius 1 is 1.26 bits per heavy atom. The third kappa shape index (κ3) is 6.41. The van der Waals surface area contributed by atoms with Crippen molar-refractivity contribution in [3.05, 3.63) is 75.3 Å². The predicted octanol–water partition coefficient (Wildman–Crippen LogP) is 0.352. The van der Waals surface area contributed by atoms with Crippen LogP contribution in [-0.2, 0) is 19.2 Å². The van der Waals surface area contributed by atoms with Gasteiger partial charge in [0.2, 0.25) is 16.5 Å². The van der Waals surface area contributed by atoms with E-state index >= 15 is 0 Å². The monoisotopic (exact) mass is 626 g/mol. The number of hydrogen-bond acceptors (Lipinski definition) is 11. The van der Waals surface area contributed by atoms with Crippen LogP contribution >= 0.6 is 23.5 Å². The van der Waals surface area contributed by atoms with Gasteiger partial charge in [0.05, 0.1) is 0 Å². The second-order valence-corrected chi connectivity index (χ2v) is 12.0. The highest BCUT2D eigenvalue weighted by Gasteiger charge is 2.55. The number of β-lactam (4-membered cyclic amide) rings is 1. The molecular formula is C26H26N8O7S2. The van der Waals surface area contributed by atoms with Crippen LogP contribution in [0.5, 0.6) is 5.75 Å². The summed E-state index contributed by atoms with van der Waals surface area (Å²) in [5.41, 5.74) is 1.06. The number of carbonyl (C=O) groups excluding carboxylic acids is 3. The zero-order valence-corrected chi connectivity index (χ0v) is 24.4. The van der Waals surface area contributed by atoms with E-state index in [1.165, 1.54) is 40.7 Å². The van der Waals surface area contributed by atoms with Gasteiger partial charge >= 0.3 is 5.97 Å². The molecule has 0 saturated carbocycles. The Morgan fingerprint density at radius 2 is 2.02 bits per heavy atom. The van der Waals surface area contributed by atoms with Gasteiger partial charge in [0.1, 0.15) is 23.2 Å². The van der Waals surface area contributed by atoms with Crippen LogP contribution in [0.25, 0.3) is 0 Å². The molecule has 0 radical (unpaired) electrons. The zero-order valence-electron chi connectivity index (χ0n) is 22.8. The molecule has 3 unspecified atom stereocenters. The van der Waals surface area contributed by atoms with E-state index in [1.807, 2.05) is 0 Å². The van der Waals surface area contributed by atoms with E-state index in [2.05, 4.69) is 36.2 Å². The number of tetrazole rings is 1. The van der Waals surface area contributed by atoms with Crippen LogP contribution in [0.2, 0.25) is 0 Å². The molecule has 43 heavy (non-hydrogen) atoms. The maximum atomic E-state index is 13.5. The minimum absolute atomic E-state index is 0.0530. The van der Waals surface area contributed by atoms with Gasteiger partial charge in [-0.05, 0) is 35.4 Å². The number of benzene rings is 1. The van der Waals surface area contributed by atoms with Gasteiger partial charge in [-0.1, -0.05) is 42.1 Å². The van der Waals surface area contributed by atoms with Crippen molar-refractivity contribution >= 4 is 47.2 Å². The van der Waals surface area contributed by atoms with Crippen molar-refractivity contribution in [2.45, 2.75) is 41.7 Å². The number of aromatic amines is 2. The minimum Gasteiger partial charge on any atom is -0.478 e. The van der Waals surface area contributed by atoms with Crippen molar-refractivity contribution in [3.8, 4) is 5.75 Å². The highest BCUT2D eigenvalue weighted by molar-refractivity contribution is 8.01. The van der Waals surface area contributed by atoms with E-state index < -0.39 is 53.2 Å². The SMILES string of the molecule is Cc1cc(=O)c(OCC(=O)NC(C(=O)NC2C(=O)N3C(C(=O)O)=C(C(C)Sc4nnn[nH]4)CS[C@@H]23)c2ccccc2)c[nH]1. The molecule has 1 aromatic carbocycles. The highest BCUT2D eigenvalue weighted by Crippen LogP contribution is 2.43. The van der Waals surface area contributed by atoms with Crippen LogP contribution in [0.15, 0.2) is 63.8 Å². The number of aliphatic carboxylic acids is 1. The molecule has 2 aromatic heterocycles. The van der Waals surface area contributed by atoms with Gasteiger partial charge < -0.3 is 25.5 Å². The Labute approximate surface area is 252 Å². The van der Waals surface area contributed by atoms with Crippen molar-refractivity contribution in [1.82, 2.24) is 41.1 Å². The average Bonchev–Trinajstić information content (AvgIpc) is 3.50. The number of aromatic nitrogens is 5. The standard InChI is InChI=1S/C26H26N8O7S2/c1-12-8-16(35)17(9-27-12)41-10-18(36)28-19(14-6-4-3-5-7-14)22(37)29-20-23(38)34-21(25(39)40)15(11-42-24(20)34)13(2)43-26-30-32-33-31-26/h3-9,13,19-20,24H,10-11H2,1-2H3,(H,27,35)(H,28,36)(H,29,37)(H,39,40)(H,30,31,32,33)/t13?,19?,20?,24-/m0/s1. The number of fused-ring (bicyclic) bond motifs is 1. The number of nitrogens with one attached hydrogen (secondary N) is 4. The lowest BCUT2D eigenvalue weighted by Gasteiger charge is -2.50. The minimum atomic E-state index is -1.26. The number of pyridine rings is 1. The van der Waals surface area contributed by atoms with Gasteiger partial charge in [0.15, 0.2) is 12.4 Å². The highest BCUT2D eigenvalue weighted by atomic mass is 32.2. The van der Waals surface area contributed by atoms with Gasteiger partial charge in [-0.25, -0.2) is 9.89 Å². The number of amides is 3. The fourth-order valence-corrected chi connectivity index (χ4v) is 7.02. The molecule has 0 bridgehead atoms. The Bertz CT molecular complexity index is 1630. The number of hydrogen-bond donors (Lipinski definition) is 5. The van der Waals surface area contributed by atoms with Crippen LogP contribution in [0.1, 0.15) is 24.2 Å². The lowest BCUT2D eigenvalue weighted by Crippen LogP contribution is -2.71. The summed E-state index contributed by atoms with van der Waals surface area (Å²) in [6.45, 7) is 2.96.